The maximum absolute atomic E-state index is 6.29. The van der Waals surface area contributed by atoms with Gasteiger partial charge in [0.1, 0.15) is 11.2 Å². The van der Waals surface area contributed by atoms with Crippen LogP contribution in [-0.2, 0) is 5.41 Å². The Hall–Kier alpha value is -6.65. The summed E-state index contributed by atoms with van der Waals surface area (Å²) in [6.07, 6.45) is 0. The predicted octanol–water partition coefficient (Wildman–Crippen LogP) is 12.4. The molecule has 4 nitrogen and oxygen atoms in total. The molecule has 0 spiro atoms. The molecule has 0 unspecified atom stereocenters. The minimum Gasteiger partial charge on any atom is -0.456 e. The molecule has 7 aromatic carbocycles. The Bertz CT molecular complexity index is 2740. The largest absolute Gasteiger partial charge is 0.456 e. The van der Waals surface area contributed by atoms with E-state index in [1.807, 2.05) is 66.7 Å². The van der Waals surface area contributed by atoms with Crippen molar-refractivity contribution in [3.8, 4) is 67.5 Å². The van der Waals surface area contributed by atoms with Crippen molar-refractivity contribution in [3.05, 3.63) is 175 Å². The molecule has 0 N–H and O–H groups in total. The summed E-state index contributed by atoms with van der Waals surface area (Å²) in [6, 6.07) is 57.2. The van der Waals surface area contributed by atoms with Crippen molar-refractivity contribution in [1.29, 1.82) is 0 Å². The molecule has 0 saturated heterocycles. The zero-order valence-corrected chi connectivity index (χ0v) is 28.8. The van der Waals surface area contributed by atoms with Gasteiger partial charge in [0.25, 0.3) is 0 Å². The Morgan fingerprint density at radius 1 is 0.404 bits per heavy atom. The average molecular weight is 668 g/mol. The third kappa shape index (κ3) is 4.87. The van der Waals surface area contributed by atoms with Crippen LogP contribution in [0.15, 0.2) is 168 Å². The topological polar surface area (TPSA) is 51.8 Å². The van der Waals surface area contributed by atoms with Gasteiger partial charge in [-0.05, 0) is 68.8 Å². The van der Waals surface area contributed by atoms with Gasteiger partial charge in [0.05, 0.1) is 0 Å². The second kappa shape index (κ2) is 11.7. The van der Waals surface area contributed by atoms with E-state index in [0.29, 0.717) is 17.5 Å². The van der Waals surface area contributed by atoms with E-state index in [2.05, 4.69) is 111 Å². The van der Waals surface area contributed by atoms with Crippen LogP contribution >= 0.6 is 0 Å². The lowest BCUT2D eigenvalue weighted by Gasteiger charge is -2.23. The van der Waals surface area contributed by atoms with Crippen molar-refractivity contribution >= 4 is 21.9 Å². The molecule has 246 valence electrons. The lowest BCUT2D eigenvalue weighted by molar-refractivity contribution is 0.657. The van der Waals surface area contributed by atoms with E-state index in [1.165, 1.54) is 44.2 Å². The Labute approximate surface area is 302 Å². The molecular formula is C48H33N3O. The maximum atomic E-state index is 6.29. The first-order valence-electron chi connectivity index (χ1n) is 17.7. The first-order valence-corrected chi connectivity index (χ1v) is 17.7. The molecule has 0 fully saturated rings. The van der Waals surface area contributed by atoms with Crippen LogP contribution in [0, 0.1) is 0 Å². The van der Waals surface area contributed by atoms with Gasteiger partial charge in [-0.25, -0.2) is 15.0 Å². The van der Waals surface area contributed by atoms with Crippen LogP contribution in [0.3, 0.4) is 0 Å². The lowest BCUT2D eigenvalue weighted by atomic mass is 9.80. The van der Waals surface area contributed by atoms with E-state index >= 15 is 0 Å². The van der Waals surface area contributed by atoms with Crippen molar-refractivity contribution in [1.82, 2.24) is 15.0 Å². The number of nitrogens with zero attached hydrogens (tertiary/aromatic N) is 3. The van der Waals surface area contributed by atoms with Crippen LogP contribution in [-0.4, -0.2) is 15.0 Å². The highest BCUT2D eigenvalue weighted by atomic mass is 16.3. The van der Waals surface area contributed by atoms with Gasteiger partial charge in [-0.2, -0.15) is 0 Å². The summed E-state index contributed by atoms with van der Waals surface area (Å²) in [5.41, 5.74) is 14.5. The first kappa shape index (κ1) is 30.2. The highest BCUT2D eigenvalue weighted by molar-refractivity contribution is 6.11. The minimum absolute atomic E-state index is 0.184. The number of aromatic nitrogens is 3. The van der Waals surface area contributed by atoms with Gasteiger partial charge in [0.2, 0.25) is 0 Å². The van der Waals surface area contributed by atoms with Crippen molar-refractivity contribution in [2.24, 2.45) is 0 Å². The van der Waals surface area contributed by atoms with Gasteiger partial charge < -0.3 is 4.42 Å². The summed E-state index contributed by atoms with van der Waals surface area (Å²) in [5, 5.41) is 2.41. The molecule has 1 aliphatic carbocycles. The van der Waals surface area contributed by atoms with Gasteiger partial charge in [0.15, 0.2) is 17.5 Å². The van der Waals surface area contributed by atoms with Gasteiger partial charge in [0, 0.05) is 32.9 Å². The standard InChI is InChI=1S/C48H33N3O/c1-48(2)40-29-36(24-25-37(40)38-26-27-42-43(44(38)48)39-18-9-10-19-41(39)52-42)35-17-11-16-34(28-35)30-20-22-33(23-21-30)47-50-45(31-12-5-3-6-13-31)49-46(51-47)32-14-7-4-8-15-32/h3-29H,1-2H3. The zero-order valence-electron chi connectivity index (χ0n) is 28.8. The SMILES string of the molecule is CC1(C)c2cc(-c3cccc(-c4ccc(-c5nc(-c6ccccc6)nc(-c6ccccc6)n5)cc4)c3)ccc2-c2ccc3oc4ccccc4c3c21. The first-order chi connectivity index (χ1) is 25.5. The van der Waals surface area contributed by atoms with Crippen molar-refractivity contribution < 1.29 is 4.42 Å². The number of hydrogen-bond acceptors (Lipinski definition) is 4. The van der Waals surface area contributed by atoms with Gasteiger partial charge in [-0.1, -0.05) is 153 Å². The number of hydrogen-bond donors (Lipinski definition) is 0. The number of benzene rings is 7. The Morgan fingerprint density at radius 2 is 0.904 bits per heavy atom. The molecule has 52 heavy (non-hydrogen) atoms. The molecular weight excluding hydrogens is 635 g/mol. The fourth-order valence-electron chi connectivity index (χ4n) is 7.93. The predicted molar refractivity (Wildman–Crippen MR) is 212 cm³/mol. The molecule has 2 heterocycles. The fourth-order valence-corrected chi connectivity index (χ4v) is 7.93. The normalized spacial score (nSPS) is 13.0. The van der Waals surface area contributed by atoms with Crippen LogP contribution in [0.4, 0.5) is 0 Å². The van der Waals surface area contributed by atoms with E-state index in [9.17, 15) is 0 Å². The third-order valence-electron chi connectivity index (χ3n) is 10.5. The summed E-state index contributed by atoms with van der Waals surface area (Å²) in [6.45, 7) is 4.69. The molecule has 0 saturated carbocycles. The smallest absolute Gasteiger partial charge is 0.164 e. The third-order valence-corrected chi connectivity index (χ3v) is 10.5. The summed E-state index contributed by atoms with van der Waals surface area (Å²) in [4.78, 5) is 14.7. The molecule has 0 bridgehead atoms. The van der Waals surface area contributed by atoms with Crippen LogP contribution < -0.4 is 0 Å². The molecule has 9 aromatic rings. The van der Waals surface area contributed by atoms with Crippen LogP contribution in [0.25, 0.3) is 89.5 Å². The van der Waals surface area contributed by atoms with Crippen molar-refractivity contribution in [2.75, 3.05) is 0 Å². The highest BCUT2D eigenvalue weighted by Gasteiger charge is 2.38. The molecule has 10 rings (SSSR count). The van der Waals surface area contributed by atoms with E-state index in [0.717, 1.165) is 39.0 Å². The Kier molecular flexibility index (Phi) is 6.80. The number of rotatable bonds is 5. The van der Waals surface area contributed by atoms with Crippen LogP contribution in [0.5, 0.6) is 0 Å². The van der Waals surface area contributed by atoms with Crippen LogP contribution in [0.1, 0.15) is 25.0 Å². The molecule has 0 atom stereocenters. The summed E-state index contributed by atoms with van der Waals surface area (Å²) in [7, 11) is 0. The molecule has 0 aliphatic heterocycles. The Morgan fingerprint density at radius 3 is 1.58 bits per heavy atom. The monoisotopic (exact) mass is 667 g/mol. The number of fused-ring (bicyclic) bond motifs is 7. The van der Waals surface area contributed by atoms with E-state index in [4.69, 9.17) is 19.4 Å². The van der Waals surface area contributed by atoms with Gasteiger partial charge in [-0.3, -0.25) is 0 Å². The van der Waals surface area contributed by atoms with Gasteiger partial charge in [-0.15, -0.1) is 0 Å². The molecule has 1 aliphatic rings. The molecule has 0 radical (unpaired) electrons. The van der Waals surface area contributed by atoms with Gasteiger partial charge >= 0.3 is 0 Å². The summed E-state index contributed by atoms with van der Waals surface area (Å²) < 4.78 is 6.29. The van der Waals surface area contributed by atoms with Crippen LogP contribution in [0.2, 0.25) is 0 Å². The maximum Gasteiger partial charge on any atom is 0.164 e. The van der Waals surface area contributed by atoms with Crippen molar-refractivity contribution in [3.63, 3.8) is 0 Å². The lowest BCUT2D eigenvalue weighted by Crippen LogP contribution is -2.15. The average Bonchev–Trinajstić information content (AvgIpc) is 3.70. The zero-order chi connectivity index (χ0) is 34.8. The quantitative estimate of drug-likeness (QED) is 0.183. The highest BCUT2D eigenvalue weighted by Crippen LogP contribution is 2.53. The number of para-hydroxylation sites is 1. The number of furan rings is 1. The van der Waals surface area contributed by atoms with Crippen molar-refractivity contribution in [2.45, 2.75) is 19.3 Å². The second-order valence-electron chi connectivity index (χ2n) is 14.0. The second-order valence-corrected chi connectivity index (χ2v) is 14.0. The fraction of sp³-hybridized carbons (Fsp3) is 0.0625. The van der Waals surface area contributed by atoms with E-state index < -0.39 is 0 Å². The molecule has 2 aromatic heterocycles. The molecule has 0 amide bonds. The molecule has 4 heteroatoms. The van der Waals surface area contributed by atoms with E-state index in [1.54, 1.807) is 0 Å². The Balaban J connectivity index is 0.995. The minimum atomic E-state index is -0.184. The summed E-state index contributed by atoms with van der Waals surface area (Å²) >= 11 is 0. The summed E-state index contributed by atoms with van der Waals surface area (Å²) in [5.74, 6) is 1.96. The van der Waals surface area contributed by atoms with E-state index in [-0.39, 0.29) is 5.41 Å².